The number of amides is 1. The van der Waals surface area contributed by atoms with Crippen LogP contribution in [0.4, 0.5) is 0 Å². The number of nitrogens with one attached hydrogen (secondary N) is 1. The fourth-order valence-electron chi connectivity index (χ4n) is 5.45. The molecule has 5 heteroatoms. The molecule has 3 heterocycles. The number of fused-ring (bicyclic) bond motifs is 4. The van der Waals surface area contributed by atoms with Gasteiger partial charge in [-0.1, -0.05) is 12.1 Å². The van der Waals surface area contributed by atoms with Crippen molar-refractivity contribution in [3.05, 3.63) is 46.9 Å². The standard InChI is InChI=1S/C20H20N2O3/c1-9(23)14-18(24)17-16-11-8-21-13-6-4-5-10(15(11)13)7-12(16)20(2,3)22(17)19(14)25/h4-6,8,12,16-17,21,23H,7H2,1-3H3/b14-9-. The molecule has 0 bridgehead atoms. The van der Waals surface area contributed by atoms with Crippen LogP contribution in [0.2, 0.25) is 0 Å². The van der Waals surface area contributed by atoms with Crippen LogP contribution >= 0.6 is 0 Å². The summed E-state index contributed by atoms with van der Waals surface area (Å²) in [4.78, 5) is 31.0. The smallest absolute Gasteiger partial charge is 0.262 e. The number of H-pyrrole nitrogens is 1. The number of nitrogens with zero attached hydrogens (tertiary/aromatic N) is 1. The van der Waals surface area contributed by atoms with Gasteiger partial charge in [0.2, 0.25) is 0 Å². The molecule has 25 heavy (non-hydrogen) atoms. The second-order valence-corrected chi connectivity index (χ2v) is 8.02. The molecule has 2 fully saturated rings. The minimum absolute atomic E-state index is 0.0352. The summed E-state index contributed by atoms with van der Waals surface area (Å²) >= 11 is 0. The minimum atomic E-state index is -0.517. The highest BCUT2D eigenvalue weighted by Crippen LogP contribution is 2.57. The fourth-order valence-corrected chi connectivity index (χ4v) is 5.45. The number of Topliss-reactive ketones (excluding diaryl/α,β-unsaturated/α-hetero) is 1. The van der Waals surface area contributed by atoms with E-state index in [1.807, 2.05) is 32.2 Å². The van der Waals surface area contributed by atoms with Crippen LogP contribution in [-0.4, -0.2) is 38.3 Å². The maximum Gasteiger partial charge on any atom is 0.262 e. The number of allylic oxidation sites excluding steroid dienone is 1. The number of carbonyl (C=O) groups is 2. The Bertz CT molecular complexity index is 994. The van der Waals surface area contributed by atoms with Gasteiger partial charge in [0.05, 0.1) is 0 Å². The van der Waals surface area contributed by atoms with E-state index < -0.39 is 11.6 Å². The molecule has 2 aliphatic heterocycles. The molecule has 3 atom stereocenters. The molecule has 0 radical (unpaired) electrons. The fraction of sp³-hybridized carbons (Fsp3) is 0.400. The highest BCUT2D eigenvalue weighted by molar-refractivity contribution is 6.27. The largest absolute Gasteiger partial charge is 0.512 e. The average Bonchev–Trinajstić information content (AvgIpc) is 3.14. The zero-order chi connectivity index (χ0) is 17.7. The molecular weight excluding hydrogens is 316 g/mol. The third-order valence-electron chi connectivity index (χ3n) is 6.51. The van der Waals surface area contributed by atoms with Crippen LogP contribution in [0.1, 0.15) is 37.8 Å². The van der Waals surface area contributed by atoms with E-state index >= 15 is 0 Å². The van der Waals surface area contributed by atoms with Gasteiger partial charge < -0.3 is 15.0 Å². The number of carbonyl (C=O) groups excluding carboxylic acids is 2. The summed E-state index contributed by atoms with van der Waals surface area (Å²) < 4.78 is 0. The van der Waals surface area contributed by atoms with Crippen molar-refractivity contribution in [3.8, 4) is 0 Å². The van der Waals surface area contributed by atoms with Crippen LogP contribution < -0.4 is 0 Å². The molecular formula is C20H20N2O3. The van der Waals surface area contributed by atoms with Gasteiger partial charge in [-0.15, -0.1) is 0 Å². The number of hydrogen-bond donors (Lipinski definition) is 2. The van der Waals surface area contributed by atoms with Crippen LogP contribution in [0.25, 0.3) is 10.9 Å². The maximum atomic E-state index is 13.0. The first-order valence-corrected chi connectivity index (χ1v) is 8.70. The van der Waals surface area contributed by atoms with Crippen molar-refractivity contribution in [2.24, 2.45) is 5.92 Å². The van der Waals surface area contributed by atoms with Gasteiger partial charge in [-0.2, -0.15) is 0 Å². The van der Waals surface area contributed by atoms with Crippen molar-refractivity contribution in [3.63, 3.8) is 0 Å². The van der Waals surface area contributed by atoms with Crippen molar-refractivity contribution in [1.82, 2.24) is 9.88 Å². The number of hydrogen-bond acceptors (Lipinski definition) is 3. The Balaban J connectivity index is 1.78. The summed E-state index contributed by atoms with van der Waals surface area (Å²) in [5, 5.41) is 11.1. The molecule has 2 saturated heterocycles. The molecule has 3 aliphatic rings. The lowest BCUT2D eigenvalue weighted by Crippen LogP contribution is -2.46. The first-order valence-electron chi connectivity index (χ1n) is 8.70. The second kappa shape index (κ2) is 4.34. The SMILES string of the molecule is C/C(O)=C1\C(=O)C2C3c4c[nH]c5cccc(c45)CC3C(C)(C)N2C1=O. The second-order valence-electron chi connectivity index (χ2n) is 8.02. The van der Waals surface area contributed by atoms with Gasteiger partial charge >= 0.3 is 0 Å². The maximum absolute atomic E-state index is 13.0. The lowest BCUT2D eigenvalue weighted by molar-refractivity contribution is -0.130. The molecule has 1 aromatic heterocycles. The van der Waals surface area contributed by atoms with Gasteiger partial charge in [0.1, 0.15) is 17.4 Å². The van der Waals surface area contributed by atoms with E-state index in [-0.39, 0.29) is 34.9 Å². The van der Waals surface area contributed by atoms with Gasteiger partial charge in [0.25, 0.3) is 5.91 Å². The van der Waals surface area contributed by atoms with Crippen LogP contribution in [-0.2, 0) is 16.0 Å². The summed E-state index contributed by atoms with van der Waals surface area (Å²) in [6, 6.07) is 5.72. The van der Waals surface area contributed by atoms with E-state index in [1.54, 1.807) is 4.90 Å². The van der Waals surface area contributed by atoms with Gasteiger partial charge in [-0.3, -0.25) is 9.59 Å². The first kappa shape index (κ1) is 14.8. The number of aliphatic hydroxyl groups excluding tert-OH is 1. The molecule has 128 valence electrons. The van der Waals surface area contributed by atoms with Crippen LogP contribution in [0.5, 0.6) is 0 Å². The molecule has 5 nitrogen and oxygen atoms in total. The van der Waals surface area contributed by atoms with E-state index in [1.165, 1.54) is 17.9 Å². The minimum Gasteiger partial charge on any atom is -0.512 e. The third-order valence-corrected chi connectivity index (χ3v) is 6.51. The Hall–Kier alpha value is -2.56. The van der Waals surface area contributed by atoms with E-state index in [4.69, 9.17) is 0 Å². The molecule has 1 aromatic carbocycles. The molecule has 1 aliphatic carbocycles. The predicted molar refractivity (Wildman–Crippen MR) is 93.3 cm³/mol. The Kier molecular flexibility index (Phi) is 2.56. The van der Waals surface area contributed by atoms with Crippen LogP contribution in [0.3, 0.4) is 0 Å². The van der Waals surface area contributed by atoms with Crippen LogP contribution in [0, 0.1) is 5.92 Å². The van der Waals surface area contributed by atoms with Gasteiger partial charge in [0.15, 0.2) is 5.78 Å². The number of aliphatic hydroxyl groups is 1. The number of benzene rings is 1. The molecule has 2 aromatic rings. The highest BCUT2D eigenvalue weighted by Gasteiger charge is 2.64. The van der Waals surface area contributed by atoms with E-state index in [0.29, 0.717) is 0 Å². The van der Waals surface area contributed by atoms with Crippen molar-refractivity contribution < 1.29 is 14.7 Å². The Labute approximate surface area is 145 Å². The lowest BCUT2D eigenvalue weighted by atomic mass is 9.69. The number of ketones is 1. The van der Waals surface area contributed by atoms with Crippen molar-refractivity contribution in [2.75, 3.05) is 0 Å². The first-order chi connectivity index (χ1) is 11.8. The highest BCUT2D eigenvalue weighted by atomic mass is 16.3. The lowest BCUT2D eigenvalue weighted by Gasteiger charge is -2.37. The number of aromatic nitrogens is 1. The molecule has 1 amide bonds. The number of aromatic amines is 1. The van der Waals surface area contributed by atoms with Crippen molar-refractivity contribution in [1.29, 1.82) is 0 Å². The quantitative estimate of drug-likeness (QED) is 0.441. The van der Waals surface area contributed by atoms with E-state index in [2.05, 4.69) is 11.1 Å². The Morgan fingerprint density at radius 3 is 2.80 bits per heavy atom. The zero-order valence-electron chi connectivity index (χ0n) is 14.5. The zero-order valence-corrected chi connectivity index (χ0v) is 14.5. The van der Waals surface area contributed by atoms with Gasteiger partial charge in [0, 0.05) is 28.6 Å². The monoisotopic (exact) mass is 336 g/mol. The summed E-state index contributed by atoms with van der Waals surface area (Å²) in [5.41, 5.74) is 2.99. The summed E-state index contributed by atoms with van der Waals surface area (Å²) in [6.07, 6.45) is 2.85. The predicted octanol–water partition coefficient (Wildman–Crippen LogP) is 2.83. The Morgan fingerprint density at radius 1 is 1.32 bits per heavy atom. The van der Waals surface area contributed by atoms with E-state index in [0.717, 1.165) is 17.5 Å². The van der Waals surface area contributed by atoms with Gasteiger partial charge in [-0.05, 0) is 50.3 Å². The normalized spacial score (nSPS) is 31.5. The number of rotatable bonds is 0. The molecule has 5 rings (SSSR count). The summed E-state index contributed by atoms with van der Waals surface area (Å²) in [6.45, 7) is 5.51. The van der Waals surface area contributed by atoms with Crippen molar-refractivity contribution >= 4 is 22.6 Å². The topological polar surface area (TPSA) is 73.4 Å². The molecule has 2 N–H and O–H groups in total. The van der Waals surface area contributed by atoms with Crippen molar-refractivity contribution in [2.45, 2.75) is 44.7 Å². The average molecular weight is 336 g/mol. The van der Waals surface area contributed by atoms with Crippen LogP contribution in [0.15, 0.2) is 35.7 Å². The summed E-state index contributed by atoms with van der Waals surface area (Å²) in [7, 11) is 0. The van der Waals surface area contributed by atoms with Gasteiger partial charge in [-0.25, -0.2) is 0 Å². The molecule has 0 spiro atoms. The summed E-state index contributed by atoms with van der Waals surface area (Å²) in [5.74, 6) is -0.594. The Morgan fingerprint density at radius 2 is 2.08 bits per heavy atom. The van der Waals surface area contributed by atoms with E-state index in [9.17, 15) is 14.7 Å². The molecule has 3 unspecified atom stereocenters. The third kappa shape index (κ3) is 1.54. The molecule has 0 saturated carbocycles.